The Hall–Kier alpha value is -2.64. The van der Waals surface area contributed by atoms with E-state index in [0.29, 0.717) is 12.0 Å². The second-order valence-electron chi connectivity index (χ2n) is 6.84. The second-order valence-corrected chi connectivity index (χ2v) is 6.84. The van der Waals surface area contributed by atoms with Gasteiger partial charge in [0, 0.05) is 18.6 Å². The predicted octanol–water partition coefficient (Wildman–Crippen LogP) is 5.39. The number of unbranched alkanes of at least 4 members (excludes halogenated alkanes) is 2. The SMILES string of the molecule is COc1ccc2c(c1)CCCC(c1ccc(F)c(F)c1)=C2C#CCCCCO. The summed E-state index contributed by atoms with van der Waals surface area (Å²) in [5.74, 6) is 5.58. The van der Waals surface area contributed by atoms with Crippen molar-refractivity contribution in [2.24, 2.45) is 0 Å². The number of rotatable bonds is 5. The third-order valence-corrected chi connectivity index (χ3v) is 4.95. The molecule has 0 bridgehead atoms. The number of fused-ring (bicyclic) bond motifs is 1. The summed E-state index contributed by atoms with van der Waals surface area (Å²) in [5, 5.41) is 8.93. The molecule has 4 heteroatoms. The third-order valence-electron chi connectivity index (χ3n) is 4.95. The van der Waals surface area contributed by atoms with E-state index in [1.54, 1.807) is 13.2 Å². The Morgan fingerprint density at radius 1 is 1.04 bits per heavy atom. The van der Waals surface area contributed by atoms with E-state index in [4.69, 9.17) is 9.84 Å². The van der Waals surface area contributed by atoms with Gasteiger partial charge in [-0.25, -0.2) is 8.78 Å². The quantitative estimate of drug-likeness (QED) is 0.555. The number of hydrogen-bond acceptors (Lipinski definition) is 2. The molecule has 2 nitrogen and oxygen atoms in total. The summed E-state index contributed by atoms with van der Waals surface area (Å²) >= 11 is 0. The van der Waals surface area contributed by atoms with Gasteiger partial charge in [0.25, 0.3) is 0 Å². The molecule has 146 valence electrons. The van der Waals surface area contributed by atoms with E-state index < -0.39 is 11.6 Å². The van der Waals surface area contributed by atoms with Crippen molar-refractivity contribution >= 4 is 11.1 Å². The van der Waals surface area contributed by atoms with Crippen LogP contribution in [0, 0.1) is 23.5 Å². The lowest BCUT2D eigenvalue weighted by Gasteiger charge is -2.12. The van der Waals surface area contributed by atoms with Gasteiger partial charge >= 0.3 is 0 Å². The maximum atomic E-state index is 13.9. The van der Waals surface area contributed by atoms with Crippen LogP contribution in [0.25, 0.3) is 11.1 Å². The van der Waals surface area contributed by atoms with Crippen molar-refractivity contribution < 1.29 is 18.6 Å². The van der Waals surface area contributed by atoms with E-state index in [9.17, 15) is 8.78 Å². The summed E-state index contributed by atoms with van der Waals surface area (Å²) in [7, 11) is 1.64. The number of halogens is 2. The Balaban J connectivity index is 2.10. The molecule has 0 fully saturated rings. The summed E-state index contributed by atoms with van der Waals surface area (Å²) in [5.41, 5.74) is 4.65. The van der Waals surface area contributed by atoms with Crippen LogP contribution < -0.4 is 4.74 Å². The van der Waals surface area contributed by atoms with Crippen molar-refractivity contribution in [1.82, 2.24) is 0 Å². The highest BCUT2D eigenvalue weighted by molar-refractivity contribution is 5.99. The van der Waals surface area contributed by atoms with E-state index >= 15 is 0 Å². The first-order chi connectivity index (χ1) is 13.6. The molecule has 2 aromatic rings. The molecule has 1 aliphatic carbocycles. The van der Waals surface area contributed by atoms with Gasteiger partial charge in [0.1, 0.15) is 5.75 Å². The van der Waals surface area contributed by atoms with Crippen molar-refractivity contribution in [3.63, 3.8) is 0 Å². The van der Waals surface area contributed by atoms with Gasteiger partial charge in [-0.05, 0) is 84.7 Å². The van der Waals surface area contributed by atoms with Crippen LogP contribution in [-0.4, -0.2) is 18.8 Å². The summed E-state index contributed by atoms with van der Waals surface area (Å²) < 4.78 is 32.7. The van der Waals surface area contributed by atoms with E-state index in [2.05, 4.69) is 11.8 Å². The summed E-state index contributed by atoms with van der Waals surface area (Å²) in [6.45, 7) is 0.160. The number of allylic oxidation sites excluding steroid dienone is 2. The molecule has 2 aromatic carbocycles. The van der Waals surface area contributed by atoms with Gasteiger partial charge in [-0.15, -0.1) is 0 Å². The molecule has 1 N–H and O–H groups in total. The molecular weight excluding hydrogens is 358 g/mol. The van der Waals surface area contributed by atoms with Gasteiger partial charge < -0.3 is 9.84 Å². The first-order valence-electron chi connectivity index (χ1n) is 9.59. The Morgan fingerprint density at radius 3 is 2.64 bits per heavy atom. The van der Waals surface area contributed by atoms with E-state index in [1.165, 1.54) is 12.1 Å². The molecule has 0 spiro atoms. The van der Waals surface area contributed by atoms with Crippen molar-refractivity contribution in [2.75, 3.05) is 13.7 Å². The number of benzene rings is 2. The smallest absolute Gasteiger partial charge is 0.159 e. The van der Waals surface area contributed by atoms with Crippen LogP contribution >= 0.6 is 0 Å². The summed E-state index contributed by atoms with van der Waals surface area (Å²) in [4.78, 5) is 0. The Morgan fingerprint density at radius 2 is 1.89 bits per heavy atom. The average molecular weight is 382 g/mol. The maximum absolute atomic E-state index is 13.9. The standard InChI is InChI=1S/C24H24F2O2/c1-28-19-11-12-21-17(15-19)7-6-9-20(18-10-13-23(25)24(26)16-18)22(21)8-4-2-3-5-14-27/h10-13,15-16,27H,2-3,5-7,9,14H2,1H3. The minimum absolute atomic E-state index is 0.160. The van der Waals surface area contributed by atoms with Gasteiger partial charge in [-0.3, -0.25) is 0 Å². The highest BCUT2D eigenvalue weighted by Crippen LogP contribution is 2.37. The highest BCUT2D eigenvalue weighted by Gasteiger charge is 2.19. The number of hydrogen-bond donors (Lipinski definition) is 1. The third kappa shape index (κ3) is 4.61. The zero-order valence-corrected chi connectivity index (χ0v) is 16.0. The minimum atomic E-state index is -0.848. The molecule has 0 saturated heterocycles. The molecule has 0 unspecified atom stereocenters. The highest BCUT2D eigenvalue weighted by atomic mass is 19.2. The fourth-order valence-electron chi connectivity index (χ4n) is 3.48. The van der Waals surface area contributed by atoms with Gasteiger partial charge in [-0.2, -0.15) is 0 Å². The van der Waals surface area contributed by atoms with Gasteiger partial charge in [0.2, 0.25) is 0 Å². The van der Waals surface area contributed by atoms with Crippen molar-refractivity contribution in [3.8, 4) is 17.6 Å². The largest absolute Gasteiger partial charge is 0.497 e. The Bertz CT molecular complexity index is 935. The summed E-state index contributed by atoms with van der Waals surface area (Å²) in [6.07, 6.45) is 4.73. The predicted molar refractivity (Wildman–Crippen MR) is 108 cm³/mol. The fourth-order valence-corrected chi connectivity index (χ4v) is 3.48. The maximum Gasteiger partial charge on any atom is 0.159 e. The Labute approximate surface area is 164 Å². The first kappa shape index (κ1) is 20.1. The van der Waals surface area contributed by atoms with Crippen LogP contribution in [0.3, 0.4) is 0 Å². The minimum Gasteiger partial charge on any atom is -0.497 e. The lowest BCUT2D eigenvalue weighted by atomic mass is 9.92. The molecule has 0 radical (unpaired) electrons. The summed E-state index contributed by atoms with van der Waals surface area (Å²) in [6, 6.07) is 9.97. The van der Waals surface area contributed by atoms with Crippen LogP contribution in [0.2, 0.25) is 0 Å². The number of aliphatic hydroxyl groups excluding tert-OH is 1. The first-order valence-corrected chi connectivity index (χ1v) is 9.59. The van der Waals surface area contributed by atoms with Gasteiger partial charge in [0.15, 0.2) is 11.6 Å². The lowest BCUT2D eigenvalue weighted by Crippen LogP contribution is -1.95. The van der Waals surface area contributed by atoms with Crippen LogP contribution in [0.5, 0.6) is 5.75 Å². The van der Waals surface area contributed by atoms with Gasteiger partial charge in [0.05, 0.1) is 7.11 Å². The molecule has 0 aliphatic heterocycles. The van der Waals surface area contributed by atoms with Crippen LogP contribution in [-0.2, 0) is 6.42 Å². The molecule has 0 heterocycles. The molecule has 3 rings (SSSR count). The normalized spacial score (nSPS) is 13.4. The molecule has 0 aromatic heterocycles. The zero-order chi connectivity index (χ0) is 19.9. The van der Waals surface area contributed by atoms with Crippen LogP contribution in [0.1, 0.15) is 48.8 Å². The van der Waals surface area contributed by atoms with E-state index in [1.807, 2.05) is 18.2 Å². The molecule has 1 aliphatic rings. The molecular formula is C24H24F2O2. The molecule has 28 heavy (non-hydrogen) atoms. The van der Waals surface area contributed by atoms with Gasteiger partial charge in [-0.1, -0.05) is 17.9 Å². The zero-order valence-electron chi connectivity index (χ0n) is 16.0. The van der Waals surface area contributed by atoms with Crippen LogP contribution in [0.15, 0.2) is 36.4 Å². The monoisotopic (exact) mass is 382 g/mol. The van der Waals surface area contributed by atoms with Crippen molar-refractivity contribution in [3.05, 3.63) is 64.7 Å². The van der Waals surface area contributed by atoms with Crippen molar-refractivity contribution in [2.45, 2.75) is 38.5 Å². The fraction of sp³-hybridized carbons (Fsp3) is 0.333. The number of aliphatic hydroxyl groups is 1. The number of methoxy groups -OCH3 is 1. The molecule has 0 amide bonds. The molecule has 0 atom stereocenters. The average Bonchev–Trinajstić information content (AvgIpc) is 2.88. The number of ether oxygens (including phenoxy) is 1. The van der Waals surface area contributed by atoms with Crippen molar-refractivity contribution in [1.29, 1.82) is 0 Å². The lowest BCUT2D eigenvalue weighted by molar-refractivity contribution is 0.285. The van der Waals surface area contributed by atoms with Crippen LogP contribution in [0.4, 0.5) is 8.78 Å². The second kappa shape index (κ2) is 9.52. The van der Waals surface area contributed by atoms with E-state index in [-0.39, 0.29) is 6.61 Å². The number of aryl methyl sites for hydroxylation is 1. The van der Waals surface area contributed by atoms with E-state index in [0.717, 1.165) is 60.1 Å². The topological polar surface area (TPSA) is 29.5 Å². The molecule has 0 saturated carbocycles. The Kier molecular flexibility index (Phi) is 6.84.